The Morgan fingerprint density at radius 1 is 1.15 bits per heavy atom. The van der Waals surface area contributed by atoms with Crippen molar-refractivity contribution in [1.82, 2.24) is 5.32 Å². The number of sulfone groups is 1. The van der Waals surface area contributed by atoms with Crippen LogP contribution in [0.4, 0.5) is 0 Å². The molecule has 1 unspecified atom stereocenters. The Kier molecular flexibility index (Phi) is 5.78. The summed E-state index contributed by atoms with van der Waals surface area (Å²) in [6.07, 6.45) is 0.656. The first-order valence-electron chi connectivity index (χ1n) is 7.11. The van der Waals surface area contributed by atoms with Gasteiger partial charge in [-0.3, -0.25) is 0 Å². The Bertz CT molecular complexity index is 512. The molecule has 0 fully saturated rings. The molecule has 20 heavy (non-hydrogen) atoms. The predicted molar refractivity (Wildman–Crippen MR) is 86.0 cm³/mol. The molecule has 0 amide bonds. The molecule has 3 nitrogen and oxygen atoms in total. The highest BCUT2D eigenvalue weighted by Crippen LogP contribution is 2.24. The second-order valence-electron chi connectivity index (χ2n) is 6.39. The van der Waals surface area contributed by atoms with Gasteiger partial charge < -0.3 is 5.32 Å². The van der Waals surface area contributed by atoms with E-state index < -0.39 is 14.6 Å². The maximum atomic E-state index is 12.2. The third kappa shape index (κ3) is 4.60. The lowest BCUT2D eigenvalue weighted by Gasteiger charge is -2.22. The van der Waals surface area contributed by atoms with Crippen LogP contribution < -0.4 is 5.32 Å². The lowest BCUT2D eigenvalue weighted by Crippen LogP contribution is -2.31. The summed E-state index contributed by atoms with van der Waals surface area (Å²) in [4.78, 5) is 0. The van der Waals surface area contributed by atoms with Crippen LogP contribution in [0.25, 0.3) is 0 Å². The monoisotopic (exact) mass is 297 g/mol. The molecular weight excluding hydrogens is 270 g/mol. The lowest BCUT2D eigenvalue weighted by molar-refractivity contribution is 0.546. The van der Waals surface area contributed by atoms with Gasteiger partial charge in [0.25, 0.3) is 0 Å². The number of hydrogen-bond acceptors (Lipinski definition) is 3. The van der Waals surface area contributed by atoms with Crippen molar-refractivity contribution < 1.29 is 8.42 Å². The largest absolute Gasteiger partial charge is 0.319 e. The summed E-state index contributed by atoms with van der Waals surface area (Å²) in [7, 11) is -1.15. The van der Waals surface area contributed by atoms with Gasteiger partial charge in [-0.15, -0.1) is 0 Å². The van der Waals surface area contributed by atoms with Crippen LogP contribution in [0.2, 0.25) is 0 Å². The van der Waals surface area contributed by atoms with E-state index in [0.717, 1.165) is 6.54 Å². The van der Waals surface area contributed by atoms with Crippen LogP contribution in [-0.2, 0) is 9.84 Å². The summed E-state index contributed by atoms with van der Waals surface area (Å²) < 4.78 is 23.8. The van der Waals surface area contributed by atoms with Crippen LogP contribution in [0.15, 0.2) is 24.3 Å². The van der Waals surface area contributed by atoms with Crippen molar-refractivity contribution in [2.45, 2.75) is 44.8 Å². The van der Waals surface area contributed by atoms with Crippen molar-refractivity contribution in [2.75, 3.05) is 19.3 Å². The zero-order valence-electron chi connectivity index (χ0n) is 13.2. The molecule has 0 spiro atoms. The second-order valence-corrected chi connectivity index (χ2v) is 9.25. The zero-order chi connectivity index (χ0) is 15.4. The van der Waals surface area contributed by atoms with Crippen LogP contribution in [0.1, 0.15) is 44.2 Å². The average Bonchev–Trinajstić information content (AvgIpc) is 2.34. The molecule has 0 aliphatic carbocycles. The van der Waals surface area contributed by atoms with Gasteiger partial charge in [-0.1, -0.05) is 29.8 Å². The highest BCUT2D eigenvalue weighted by molar-refractivity contribution is 7.92. The van der Waals surface area contributed by atoms with Gasteiger partial charge in [-0.2, -0.15) is 0 Å². The number of likely N-dealkylation sites (N-methyl/N-ethyl adjacent to an activating group) is 1. The summed E-state index contributed by atoms with van der Waals surface area (Å²) in [5, 5.41) is 3.16. The zero-order valence-corrected chi connectivity index (χ0v) is 14.0. The highest BCUT2D eigenvalue weighted by atomic mass is 32.2. The van der Waals surface area contributed by atoms with Crippen molar-refractivity contribution in [3.63, 3.8) is 0 Å². The molecule has 1 N–H and O–H groups in total. The van der Waals surface area contributed by atoms with E-state index in [4.69, 9.17) is 0 Å². The van der Waals surface area contributed by atoms with E-state index in [1.54, 1.807) is 20.8 Å². The van der Waals surface area contributed by atoms with E-state index in [9.17, 15) is 8.42 Å². The van der Waals surface area contributed by atoms with Gasteiger partial charge in [-0.25, -0.2) is 8.42 Å². The van der Waals surface area contributed by atoms with E-state index in [-0.39, 0.29) is 11.7 Å². The van der Waals surface area contributed by atoms with Crippen LogP contribution in [0, 0.1) is 6.92 Å². The number of aryl methyl sites for hydroxylation is 1. The van der Waals surface area contributed by atoms with Crippen LogP contribution >= 0.6 is 0 Å². The summed E-state index contributed by atoms with van der Waals surface area (Å²) in [5.41, 5.74) is 2.42. The molecule has 1 aromatic carbocycles. The van der Waals surface area contributed by atoms with E-state index in [1.807, 2.05) is 7.05 Å². The molecular formula is C16H27NO2S. The highest BCUT2D eigenvalue weighted by Gasteiger charge is 2.29. The normalized spacial score (nSPS) is 14.2. The Hall–Kier alpha value is -0.870. The minimum Gasteiger partial charge on any atom is -0.319 e. The van der Waals surface area contributed by atoms with Crippen molar-refractivity contribution in [2.24, 2.45) is 0 Å². The first-order valence-corrected chi connectivity index (χ1v) is 8.76. The van der Waals surface area contributed by atoms with E-state index in [1.165, 1.54) is 11.1 Å². The molecule has 1 aromatic rings. The van der Waals surface area contributed by atoms with Gasteiger partial charge in [0.2, 0.25) is 0 Å². The number of hydrogen-bond donors (Lipinski definition) is 1. The SMILES string of the molecule is CNCC(CCS(=O)(=O)C(C)(C)C)c1ccc(C)cc1. The molecule has 0 aromatic heterocycles. The molecule has 0 aliphatic heterocycles. The molecule has 1 rings (SSSR count). The van der Waals surface area contributed by atoms with Gasteiger partial charge in [0, 0.05) is 6.54 Å². The van der Waals surface area contributed by atoms with E-state index in [0.29, 0.717) is 6.42 Å². The summed E-state index contributed by atoms with van der Waals surface area (Å²) in [6.45, 7) is 8.15. The Morgan fingerprint density at radius 2 is 1.70 bits per heavy atom. The molecule has 4 heteroatoms. The standard InChI is InChI=1S/C16H27NO2S/c1-13-6-8-14(9-7-13)15(12-17-5)10-11-20(18,19)16(2,3)4/h6-9,15,17H,10-12H2,1-5H3. The molecule has 0 saturated carbocycles. The van der Waals surface area contributed by atoms with Crippen molar-refractivity contribution in [1.29, 1.82) is 0 Å². The van der Waals surface area contributed by atoms with Crippen LogP contribution in [-0.4, -0.2) is 32.5 Å². The fraction of sp³-hybridized carbons (Fsp3) is 0.625. The third-order valence-electron chi connectivity index (χ3n) is 3.67. The van der Waals surface area contributed by atoms with Gasteiger partial charge in [-0.05, 0) is 52.6 Å². The van der Waals surface area contributed by atoms with Gasteiger partial charge in [0.05, 0.1) is 10.5 Å². The van der Waals surface area contributed by atoms with E-state index in [2.05, 4.69) is 36.5 Å². The van der Waals surface area contributed by atoms with Gasteiger partial charge >= 0.3 is 0 Å². The maximum Gasteiger partial charge on any atom is 0.155 e. The Morgan fingerprint density at radius 3 is 2.15 bits per heavy atom. The summed E-state index contributed by atoms with van der Waals surface area (Å²) >= 11 is 0. The number of nitrogens with one attached hydrogen (secondary N) is 1. The fourth-order valence-corrected chi connectivity index (χ4v) is 3.28. The first-order chi connectivity index (χ1) is 9.17. The third-order valence-corrected chi connectivity index (χ3v) is 6.31. The van der Waals surface area contributed by atoms with Crippen LogP contribution in [0.5, 0.6) is 0 Å². The van der Waals surface area contributed by atoms with E-state index >= 15 is 0 Å². The Labute approximate surface area is 123 Å². The topological polar surface area (TPSA) is 46.2 Å². The second kappa shape index (κ2) is 6.72. The molecule has 0 aliphatic rings. The molecule has 1 atom stereocenters. The molecule has 0 heterocycles. The number of rotatable bonds is 6. The maximum absolute atomic E-state index is 12.2. The minimum atomic E-state index is -3.06. The lowest BCUT2D eigenvalue weighted by atomic mass is 9.95. The molecule has 0 saturated heterocycles. The summed E-state index contributed by atoms with van der Waals surface area (Å²) in [5.74, 6) is 0.467. The Balaban J connectivity index is 2.81. The fourth-order valence-electron chi connectivity index (χ4n) is 2.08. The predicted octanol–water partition coefficient (Wildman–Crippen LogP) is 2.90. The van der Waals surface area contributed by atoms with Gasteiger partial charge in [0.1, 0.15) is 0 Å². The van der Waals surface area contributed by atoms with Crippen molar-refractivity contribution in [3.8, 4) is 0 Å². The molecule has 114 valence electrons. The molecule has 0 bridgehead atoms. The first kappa shape index (κ1) is 17.2. The number of benzene rings is 1. The van der Waals surface area contributed by atoms with Gasteiger partial charge in [0.15, 0.2) is 9.84 Å². The van der Waals surface area contributed by atoms with Crippen molar-refractivity contribution >= 4 is 9.84 Å². The average molecular weight is 297 g/mol. The summed E-state index contributed by atoms with van der Waals surface area (Å²) in [6, 6.07) is 8.36. The molecule has 0 radical (unpaired) electrons. The quantitative estimate of drug-likeness (QED) is 0.878. The minimum absolute atomic E-state index is 0.233. The van der Waals surface area contributed by atoms with Crippen molar-refractivity contribution in [3.05, 3.63) is 35.4 Å². The van der Waals surface area contributed by atoms with Crippen LogP contribution in [0.3, 0.4) is 0 Å². The smallest absolute Gasteiger partial charge is 0.155 e.